The fourth-order valence-corrected chi connectivity index (χ4v) is 2.04. The average Bonchev–Trinajstić information content (AvgIpc) is 2.27. The van der Waals surface area contributed by atoms with Gasteiger partial charge in [0, 0.05) is 6.54 Å². The first-order valence-corrected chi connectivity index (χ1v) is 5.64. The molecule has 0 heterocycles. The molecule has 1 aliphatic rings. The zero-order chi connectivity index (χ0) is 12.3. The maximum absolute atomic E-state index is 11.2. The van der Waals surface area contributed by atoms with Crippen molar-refractivity contribution in [3.8, 4) is 6.07 Å². The quantitative estimate of drug-likeness (QED) is 0.825. The molecule has 0 radical (unpaired) electrons. The minimum Gasteiger partial charge on any atom is -0.480 e. The average molecular weight is 230 g/mol. The molecule has 0 saturated heterocycles. The molecule has 2 rings (SSSR count). The Labute approximate surface area is 99.9 Å². The van der Waals surface area contributed by atoms with Crippen molar-refractivity contribution >= 4 is 5.97 Å². The summed E-state index contributed by atoms with van der Waals surface area (Å²) in [6.07, 6.45) is 2.27. The van der Waals surface area contributed by atoms with Gasteiger partial charge in [0.25, 0.3) is 0 Å². The first-order valence-electron chi connectivity index (χ1n) is 5.64. The first kappa shape index (κ1) is 11.6. The molecule has 0 amide bonds. The smallest absolute Gasteiger partial charge is 0.323 e. The molecule has 0 atom stereocenters. The molecule has 0 aromatic heterocycles. The van der Waals surface area contributed by atoms with E-state index in [0.717, 1.165) is 12.0 Å². The third-order valence-electron chi connectivity index (χ3n) is 3.37. The van der Waals surface area contributed by atoms with Gasteiger partial charge in [-0.1, -0.05) is 18.2 Å². The Morgan fingerprint density at radius 1 is 1.47 bits per heavy atom. The van der Waals surface area contributed by atoms with Gasteiger partial charge in [-0.2, -0.15) is 5.26 Å². The summed E-state index contributed by atoms with van der Waals surface area (Å²) < 4.78 is 0. The highest BCUT2D eigenvalue weighted by atomic mass is 16.4. The molecule has 4 heteroatoms. The number of nitrogens with zero attached hydrogens (tertiary/aromatic N) is 1. The summed E-state index contributed by atoms with van der Waals surface area (Å²) in [5.74, 6) is -0.793. The zero-order valence-electron chi connectivity index (χ0n) is 9.44. The molecule has 17 heavy (non-hydrogen) atoms. The Balaban J connectivity index is 2.07. The third kappa shape index (κ3) is 2.15. The summed E-state index contributed by atoms with van der Waals surface area (Å²) in [6.45, 7) is 0.427. The molecule has 0 aliphatic heterocycles. The van der Waals surface area contributed by atoms with Crippen LogP contribution < -0.4 is 5.32 Å². The first-order chi connectivity index (χ1) is 8.18. The summed E-state index contributed by atoms with van der Waals surface area (Å²) in [5, 5.41) is 21.2. The van der Waals surface area contributed by atoms with Gasteiger partial charge in [0.2, 0.25) is 0 Å². The lowest BCUT2D eigenvalue weighted by molar-refractivity contribution is -0.148. The molecule has 1 saturated carbocycles. The van der Waals surface area contributed by atoms with Gasteiger partial charge in [-0.15, -0.1) is 0 Å². The second kappa shape index (κ2) is 4.56. The Morgan fingerprint density at radius 3 is 2.71 bits per heavy atom. The van der Waals surface area contributed by atoms with Crippen molar-refractivity contribution in [2.24, 2.45) is 0 Å². The number of benzene rings is 1. The maximum Gasteiger partial charge on any atom is 0.323 e. The maximum atomic E-state index is 11.2. The lowest BCUT2D eigenvalue weighted by Gasteiger charge is -2.38. The number of carbonyl (C=O) groups is 1. The Morgan fingerprint density at radius 2 is 2.18 bits per heavy atom. The number of rotatable bonds is 4. The van der Waals surface area contributed by atoms with E-state index in [1.807, 2.05) is 12.1 Å². The summed E-state index contributed by atoms with van der Waals surface area (Å²) in [6, 6.07) is 9.36. The normalized spacial score (nSPS) is 16.9. The third-order valence-corrected chi connectivity index (χ3v) is 3.37. The summed E-state index contributed by atoms with van der Waals surface area (Å²) >= 11 is 0. The molecule has 4 nitrogen and oxygen atoms in total. The van der Waals surface area contributed by atoms with Gasteiger partial charge < -0.3 is 5.11 Å². The van der Waals surface area contributed by atoms with E-state index in [-0.39, 0.29) is 0 Å². The fraction of sp³-hybridized carbons (Fsp3) is 0.385. The van der Waals surface area contributed by atoms with Crippen LogP contribution in [0.1, 0.15) is 30.4 Å². The Kier molecular flexibility index (Phi) is 3.12. The molecule has 0 unspecified atom stereocenters. The van der Waals surface area contributed by atoms with Crippen molar-refractivity contribution in [1.29, 1.82) is 5.26 Å². The van der Waals surface area contributed by atoms with Crippen LogP contribution in [0, 0.1) is 11.3 Å². The van der Waals surface area contributed by atoms with Gasteiger partial charge in [0.05, 0.1) is 11.6 Å². The molecular formula is C13H14N2O2. The van der Waals surface area contributed by atoms with Crippen LogP contribution in [0.2, 0.25) is 0 Å². The number of nitriles is 1. The van der Waals surface area contributed by atoms with Gasteiger partial charge in [-0.25, -0.2) is 0 Å². The molecular weight excluding hydrogens is 216 g/mol. The molecule has 88 valence electrons. The van der Waals surface area contributed by atoms with E-state index in [1.54, 1.807) is 12.1 Å². The van der Waals surface area contributed by atoms with E-state index >= 15 is 0 Å². The second-order valence-electron chi connectivity index (χ2n) is 4.36. The predicted molar refractivity (Wildman–Crippen MR) is 62.2 cm³/mol. The van der Waals surface area contributed by atoms with E-state index < -0.39 is 11.5 Å². The SMILES string of the molecule is N#Cc1ccccc1CNC1(C(=O)O)CCC1. The molecule has 1 aliphatic carbocycles. The van der Waals surface area contributed by atoms with Crippen molar-refractivity contribution in [2.45, 2.75) is 31.3 Å². The molecule has 0 bridgehead atoms. The topological polar surface area (TPSA) is 73.1 Å². The van der Waals surface area contributed by atoms with Crippen molar-refractivity contribution in [2.75, 3.05) is 0 Å². The van der Waals surface area contributed by atoms with Gasteiger partial charge >= 0.3 is 5.97 Å². The lowest BCUT2D eigenvalue weighted by atomic mass is 9.76. The summed E-state index contributed by atoms with van der Waals surface area (Å²) in [5.41, 5.74) is 0.671. The van der Waals surface area contributed by atoms with Crippen molar-refractivity contribution in [1.82, 2.24) is 5.32 Å². The van der Waals surface area contributed by atoms with Crippen LogP contribution in [0.3, 0.4) is 0 Å². The number of carboxylic acids is 1. The van der Waals surface area contributed by atoms with E-state index in [1.165, 1.54) is 0 Å². The van der Waals surface area contributed by atoms with Crippen molar-refractivity contribution < 1.29 is 9.90 Å². The van der Waals surface area contributed by atoms with Crippen LogP contribution in [0.5, 0.6) is 0 Å². The Hall–Kier alpha value is -1.86. The van der Waals surface area contributed by atoms with E-state index in [2.05, 4.69) is 11.4 Å². The molecule has 1 aromatic carbocycles. The Bertz CT molecular complexity index is 473. The van der Waals surface area contributed by atoms with Crippen molar-refractivity contribution in [3.05, 3.63) is 35.4 Å². The van der Waals surface area contributed by atoms with Gasteiger partial charge in [-0.3, -0.25) is 10.1 Å². The minimum absolute atomic E-state index is 0.427. The van der Waals surface area contributed by atoms with Crippen LogP contribution in [0.15, 0.2) is 24.3 Å². The van der Waals surface area contributed by atoms with Crippen LogP contribution >= 0.6 is 0 Å². The van der Waals surface area contributed by atoms with E-state index in [4.69, 9.17) is 10.4 Å². The number of hydrogen-bond acceptors (Lipinski definition) is 3. The number of carboxylic acid groups (broad SMARTS) is 1. The lowest BCUT2D eigenvalue weighted by Crippen LogP contribution is -2.56. The van der Waals surface area contributed by atoms with E-state index in [0.29, 0.717) is 24.9 Å². The standard InChI is InChI=1S/C13H14N2O2/c14-8-10-4-1-2-5-11(10)9-15-13(12(16)17)6-3-7-13/h1-2,4-5,15H,3,6-7,9H2,(H,16,17). The highest BCUT2D eigenvalue weighted by Gasteiger charge is 2.43. The largest absolute Gasteiger partial charge is 0.480 e. The van der Waals surface area contributed by atoms with Crippen LogP contribution in [-0.2, 0) is 11.3 Å². The molecule has 1 aromatic rings. The highest BCUT2D eigenvalue weighted by Crippen LogP contribution is 2.32. The van der Waals surface area contributed by atoms with Gasteiger partial charge in [0.15, 0.2) is 0 Å². The van der Waals surface area contributed by atoms with Crippen molar-refractivity contribution in [3.63, 3.8) is 0 Å². The molecule has 0 spiro atoms. The van der Waals surface area contributed by atoms with Crippen LogP contribution in [0.25, 0.3) is 0 Å². The van der Waals surface area contributed by atoms with E-state index in [9.17, 15) is 4.79 Å². The predicted octanol–water partition coefficient (Wildman–Crippen LogP) is 1.66. The monoisotopic (exact) mass is 230 g/mol. The van der Waals surface area contributed by atoms with Gasteiger partial charge in [-0.05, 0) is 30.9 Å². The molecule has 1 fully saturated rings. The summed E-state index contributed by atoms with van der Waals surface area (Å²) in [4.78, 5) is 11.2. The summed E-state index contributed by atoms with van der Waals surface area (Å²) in [7, 11) is 0. The highest BCUT2D eigenvalue weighted by molar-refractivity contribution is 5.80. The number of hydrogen-bond donors (Lipinski definition) is 2. The minimum atomic E-state index is -0.793. The number of aliphatic carboxylic acids is 1. The number of nitrogens with one attached hydrogen (secondary N) is 1. The van der Waals surface area contributed by atoms with Gasteiger partial charge in [0.1, 0.15) is 5.54 Å². The van der Waals surface area contributed by atoms with Crippen LogP contribution in [-0.4, -0.2) is 16.6 Å². The zero-order valence-corrected chi connectivity index (χ0v) is 9.44. The van der Waals surface area contributed by atoms with Crippen LogP contribution in [0.4, 0.5) is 0 Å². The fourth-order valence-electron chi connectivity index (χ4n) is 2.04. The second-order valence-corrected chi connectivity index (χ2v) is 4.36. The molecule has 2 N–H and O–H groups in total.